The molecule has 0 aliphatic heterocycles. The van der Waals surface area contributed by atoms with E-state index in [-0.39, 0.29) is 5.56 Å². The van der Waals surface area contributed by atoms with Gasteiger partial charge < -0.3 is 10.8 Å². The lowest BCUT2D eigenvalue weighted by atomic mass is 9.92. The number of aryl methyl sites for hydroxylation is 1. The predicted octanol–water partition coefficient (Wildman–Crippen LogP) is 1.20. The summed E-state index contributed by atoms with van der Waals surface area (Å²) in [7, 11) is 0. The Kier molecular flexibility index (Phi) is 2.86. The molecule has 1 aromatic rings. The number of hydrogen-bond donors (Lipinski definition) is 2. The highest BCUT2D eigenvalue weighted by Crippen LogP contribution is 2.19. The Morgan fingerprint density at radius 1 is 1.50 bits per heavy atom. The maximum Gasteiger partial charge on any atom is 0.331 e. The van der Waals surface area contributed by atoms with Crippen LogP contribution >= 0.6 is 0 Å². The molecule has 1 aromatic carbocycles. The summed E-state index contributed by atoms with van der Waals surface area (Å²) in [6.07, 6.45) is 0. The number of carboxylic acids is 1. The maximum atomic E-state index is 12.6. The Morgan fingerprint density at radius 3 is 2.36 bits per heavy atom. The Bertz CT molecular complexity index is 336. The fourth-order valence-corrected chi connectivity index (χ4v) is 1.11. The molecule has 1 unspecified atom stereocenters. The van der Waals surface area contributed by atoms with Crippen molar-refractivity contribution in [1.29, 1.82) is 0 Å². The van der Waals surface area contributed by atoms with Crippen molar-refractivity contribution in [3.8, 4) is 0 Å². The van der Waals surface area contributed by atoms with Crippen LogP contribution in [0.1, 0.15) is 11.1 Å². The van der Waals surface area contributed by atoms with Gasteiger partial charge in [-0.1, -0.05) is 29.8 Å². The molecule has 4 heteroatoms. The van der Waals surface area contributed by atoms with Crippen molar-refractivity contribution in [3.63, 3.8) is 0 Å². The number of nitrogens with two attached hydrogens (primary N) is 1. The van der Waals surface area contributed by atoms with Crippen LogP contribution < -0.4 is 5.73 Å². The zero-order valence-electron chi connectivity index (χ0n) is 7.83. The summed E-state index contributed by atoms with van der Waals surface area (Å²) in [5.41, 5.74) is 4.76. The molecule has 0 heterocycles. The highest BCUT2D eigenvalue weighted by atomic mass is 19.1. The van der Waals surface area contributed by atoms with Gasteiger partial charge in [0.1, 0.15) is 6.67 Å². The monoisotopic (exact) mass is 197 g/mol. The molecule has 0 fully saturated rings. The van der Waals surface area contributed by atoms with Crippen LogP contribution in [0.25, 0.3) is 0 Å². The van der Waals surface area contributed by atoms with Crippen molar-refractivity contribution in [2.24, 2.45) is 5.73 Å². The van der Waals surface area contributed by atoms with Gasteiger partial charge in [-0.05, 0) is 12.5 Å². The minimum absolute atomic E-state index is 0.276. The lowest BCUT2D eigenvalue weighted by Gasteiger charge is -2.21. The van der Waals surface area contributed by atoms with Gasteiger partial charge in [0.2, 0.25) is 0 Å². The molecule has 0 saturated heterocycles. The summed E-state index contributed by atoms with van der Waals surface area (Å²) in [5, 5.41) is 8.79. The number of alkyl halides is 1. The Labute approximate surface area is 81.4 Å². The molecule has 0 aliphatic rings. The lowest BCUT2D eigenvalue weighted by Crippen LogP contribution is -2.46. The SMILES string of the molecule is Cc1ccc(C(N)(CF)C(=O)O)cc1. The highest BCUT2D eigenvalue weighted by Gasteiger charge is 2.36. The van der Waals surface area contributed by atoms with Crippen LogP contribution in [0.2, 0.25) is 0 Å². The lowest BCUT2D eigenvalue weighted by molar-refractivity contribution is -0.144. The number of rotatable bonds is 3. The number of hydrogen-bond acceptors (Lipinski definition) is 2. The standard InChI is InChI=1S/C10H12FNO2/c1-7-2-4-8(5-3-7)10(12,6-11)9(13)14/h2-5H,6,12H2,1H3,(H,13,14). The van der Waals surface area contributed by atoms with Crippen LogP contribution in [0, 0.1) is 6.92 Å². The topological polar surface area (TPSA) is 63.3 Å². The molecule has 0 bridgehead atoms. The molecular formula is C10H12FNO2. The van der Waals surface area contributed by atoms with E-state index < -0.39 is 18.2 Å². The minimum Gasteiger partial charge on any atom is -0.480 e. The number of carbonyl (C=O) groups is 1. The van der Waals surface area contributed by atoms with Gasteiger partial charge in [0.15, 0.2) is 5.54 Å². The maximum absolute atomic E-state index is 12.6. The van der Waals surface area contributed by atoms with Crippen molar-refractivity contribution in [2.75, 3.05) is 6.67 Å². The van der Waals surface area contributed by atoms with Gasteiger partial charge in [-0.2, -0.15) is 0 Å². The van der Waals surface area contributed by atoms with Crippen LogP contribution in [-0.4, -0.2) is 17.8 Å². The van der Waals surface area contributed by atoms with E-state index in [9.17, 15) is 9.18 Å². The molecule has 1 atom stereocenters. The van der Waals surface area contributed by atoms with Crippen LogP contribution in [0.5, 0.6) is 0 Å². The molecular weight excluding hydrogens is 185 g/mol. The van der Waals surface area contributed by atoms with Crippen LogP contribution in [0.3, 0.4) is 0 Å². The third kappa shape index (κ3) is 1.75. The predicted molar refractivity (Wildman–Crippen MR) is 50.7 cm³/mol. The second kappa shape index (κ2) is 3.75. The first kappa shape index (κ1) is 10.7. The van der Waals surface area contributed by atoms with Gasteiger partial charge in [-0.25, -0.2) is 9.18 Å². The molecule has 0 radical (unpaired) electrons. The van der Waals surface area contributed by atoms with Crippen molar-refractivity contribution >= 4 is 5.97 Å². The second-order valence-corrected chi connectivity index (χ2v) is 3.28. The Balaban J connectivity index is 3.13. The number of halogens is 1. The molecule has 3 N–H and O–H groups in total. The fraction of sp³-hybridized carbons (Fsp3) is 0.300. The molecule has 0 saturated carbocycles. The van der Waals surface area contributed by atoms with E-state index in [1.807, 2.05) is 6.92 Å². The molecule has 0 spiro atoms. The van der Waals surface area contributed by atoms with Crippen LogP contribution in [0.4, 0.5) is 4.39 Å². The van der Waals surface area contributed by atoms with E-state index in [2.05, 4.69) is 0 Å². The van der Waals surface area contributed by atoms with Crippen molar-refractivity contribution in [1.82, 2.24) is 0 Å². The Hall–Kier alpha value is -1.42. The number of carboxylic acid groups (broad SMARTS) is 1. The first-order chi connectivity index (χ1) is 6.50. The van der Waals surface area contributed by atoms with Gasteiger partial charge >= 0.3 is 5.97 Å². The quantitative estimate of drug-likeness (QED) is 0.765. The molecule has 0 aliphatic carbocycles. The van der Waals surface area contributed by atoms with E-state index >= 15 is 0 Å². The zero-order chi connectivity index (χ0) is 10.8. The van der Waals surface area contributed by atoms with E-state index in [1.54, 1.807) is 12.1 Å². The largest absolute Gasteiger partial charge is 0.480 e. The van der Waals surface area contributed by atoms with E-state index in [0.29, 0.717) is 0 Å². The van der Waals surface area contributed by atoms with Crippen molar-refractivity contribution in [3.05, 3.63) is 35.4 Å². The summed E-state index contributed by atoms with van der Waals surface area (Å²) in [6.45, 7) is 0.740. The van der Waals surface area contributed by atoms with Gasteiger partial charge in [-0.3, -0.25) is 0 Å². The number of benzene rings is 1. The molecule has 14 heavy (non-hydrogen) atoms. The van der Waals surface area contributed by atoms with Crippen molar-refractivity contribution in [2.45, 2.75) is 12.5 Å². The fourth-order valence-electron chi connectivity index (χ4n) is 1.11. The van der Waals surface area contributed by atoms with E-state index in [4.69, 9.17) is 10.8 Å². The average Bonchev–Trinajstić information content (AvgIpc) is 2.17. The van der Waals surface area contributed by atoms with Gasteiger partial charge in [0.25, 0.3) is 0 Å². The zero-order valence-corrected chi connectivity index (χ0v) is 7.83. The van der Waals surface area contributed by atoms with Crippen molar-refractivity contribution < 1.29 is 14.3 Å². The van der Waals surface area contributed by atoms with E-state index in [1.165, 1.54) is 12.1 Å². The van der Waals surface area contributed by atoms with E-state index in [0.717, 1.165) is 5.56 Å². The molecule has 76 valence electrons. The van der Waals surface area contributed by atoms with Gasteiger partial charge in [-0.15, -0.1) is 0 Å². The Morgan fingerprint density at radius 2 is 2.00 bits per heavy atom. The van der Waals surface area contributed by atoms with Gasteiger partial charge in [0.05, 0.1) is 0 Å². The number of aliphatic carboxylic acids is 1. The third-order valence-corrected chi connectivity index (χ3v) is 2.16. The minimum atomic E-state index is -1.92. The molecule has 1 rings (SSSR count). The average molecular weight is 197 g/mol. The molecule has 0 aromatic heterocycles. The molecule has 0 amide bonds. The normalized spacial score (nSPS) is 14.8. The summed E-state index contributed by atoms with van der Waals surface area (Å²) in [6, 6.07) is 6.47. The van der Waals surface area contributed by atoms with Crippen LogP contribution in [0.15, 0.2) is 24.3 Å². The first-order valence-corrected chi connectivity index (χ1v) is 4.16. The summed E-state index contributed by atoms with van der Waals surface area (Å²) in [5.74, 6) is -1.36. The van der Waals surface area contributed by atoms with Gasteiger partial charge in [0, 0.05) is 0 Å². The summed E-state index contributed by atoms with van der Waals surface area (Å²) >= 11 is 0. The third-order valence-electron chi connectivity index (χ3n) is 2.16. The summed E-state index contributed by atoms with van der Waals surface area (Å²) in [4.78, 5) is 10.8. The smallest absolute Gasteiger partial charge is 0.331 e. The first-order valence-electron chi connectivity index (χ1n) is 4.16. The summed E-state index contributed by atoms with van der Waals surface area (Å²) < 4.78 is 12.6. The second-order valence-electron chi connectivity index (χ2n) is 3.28. The highest BCUT2D eigenvalue weighted by molar-refractivity contribution is 5.80. The van der Waals surface area contributed by atoms with Crippen LogP contribution in [-0.2, 0) is 10.3 Å². The molecule has 3 nitrogen and oxygen atoms in total.